The van der Waals surface area contributed by atoms with Crippen molar-refractivity contribution in [3.05, 3.63) is 28.8 Å². The highest BCUT2D eigenvalue weighted by molar-refractivity contribution is 5.85. The van der Waals surface area contributed by atoms with E-state index in [2.05, 4.69) is 36.2 Å². The first kappa shape index (κ1) is 19.6. The summed E-state index contributed by atoms with van der Waals surface area (Å²) in [6.45, 7) is 9.10. The molecule has 3 nitrogen and oxygen atoms in total. The van der Waals surface area contributed by atoms with Gasteiger partial charge in [-0.25, -0.2) is 0 Å². The molecule has 1 N–H and O–H groups in total. The Bertz CT molecular complexity index is 474. The number of benzene rings is 1. The summed E-state index contributed by atoms with van der Waals surface area (Å²) >= 11 is 0. The third-order valence-corrected chi connectivity index (χ3v) is 5.08. The van der Waals surface area contributed by atoms with Gasteiger partial charge in [-0.2, -0.15) is 0 Å². The van der Waals surface area contributed by atoms with Gasteiger partial charge in [-0.1, -0.05) is 6.07 Å². The molecular formula is C17H28Cl2N2O. The van der Waals surface area contributed by atoms with E-state index in [-0.39, 0.29) is 24.8 Å². The van der Waals surface area contributed by atoms with E-state index in [1.807, 2.05) is 0 Å². The van der Waals surface area contributed by atoms with Gasteiger partial charge in [0.25, 0.3) is 0 Å². The SMILES string of the molecule is COc1ccc(CN2C[C@H]3CC[C@@H](C2)NC3)c(C)c1C.Cl.Cl. The fraction of sp³-hybridized carbons (Fsp3) is 0.647. The monoisotopic (exact) mass is 346 g/mol. The summed E-state index contributed by atoms with van der Waals surface area (Å²) in [6, 6.07) is 5.05. The predicted octanol–water partition coefficient (Wildman–Crippen LogP) is 3.34. The number of nitrogens with one attached hydrogen (secondary N) is 1. The van der Waals surface area contributed by atoms with Crippen molar-refractivity contribution in [1.29, 1.82) is 0 Å². The van der Waals surface area contributed by atoms with Crippen molar-refractivity contribution in [3.63, 3.8) is 0 Å². The number of halogens is 2. The molecule has 3 aliphatic heterocycles. The van der Waals surface area contributed by atoms with Crippen molar-refractivity contribution in [3.8, 4) is 5.75 Å². The van der Waals surface area contributed by atoms with Crippen LogP contribution in [0.25, 0.3) is 0 Å². The molecule has 3 saturated heterocycles. The molecule has 3 fully saturated rings. The zero-order valence-electron chi connectivity index (χ0n) is 13.7. The zero-order chi connectivity index (χ0) is 14.1. The van der Waals surface area contributed by atoms with Crippen LogP contribution >= 0.6 is 24.8 Å². The fourth-order valence-corrected chi connectivity index (χ4v) is 3.65. The highest BCUT2D eigenvalue weighted by Gasteiger charge is 2.29. The van der Waals surface area contributed by atoms with Crippen LogP contribution in [-0.2, 0) is 6.54 Å². The maximum absolute atomic E-state index is 5.41. The summed E-state index contributed by atoms with van der Waals surface area (Å²) in [5, 5.41) is 3.68. The minimum Gasteiger partial charge on any atom is -0.496 e. The number of hydrogen-bond acceptors (Lipinski definition) is 3. The Hall–Kier alpha value is -0.480. The Morgan fingerprint density at radius 2 is 1.91 bits per heavy atom. The van der Waals surface area contributed by atoms with Crippen LogP contribution < -0.4 is 10.1 Å². The number of piperidine rings is 1. The molecule has 0 saturated carbocycles. The van der Waals surface area contributed by atoms with Gasteiger partial charge in [-0.15, -0.1) is 24.8 Å². The Labute approximate surface area is 146 Å². The molecule has 0 unspecified atom stereocenters. The molecule has 5 heteroatoms. The third-order valence-electron chi connectivity index (χ3n) is 5.08. The van der Waals surface area contributed by atoms with E-state index in [1.54, 1.807) is 7.11 Å². The van der Waals surface area contributed by atoms with E-state index in [0.717, 1.165) is 18.2 Å². The normalized spacial score (nSPS) is 24.1. The van der Waals surface area contributed by atoms with Gasteiger partial charge in [0.1, 0.15) is 5.75 Å². The van der Waals surface area contributed by atoms with Crippen molar-refractivity contribution in [2.75, 3.05) is 26.7 Å². The molecule has 2 atom stereocenters. The summed E-state index contributed by atoms with van der Waals surface area (Å²) < 4.78 is 5.41. The van der Waals surface area contributed by atoms with Crippen LogP contribution in [0.4, 0.5) is 0 Å². The van der Waals surface area contributed by atoms with Crippen LogP contribution in [0.15, 0.2) is 12.1 Å². The van der Waals surface area contributed by atoms with Crippen LogP contribution in [0.3, 0.4) is 0 Å². The molecule has 0 aliphatic carbocycles. The van der Waals surface area contributed by atoms with Crippen LogP contribution in [0, 0.1) is 19.8 Å². The molecule has 126 valence electrons. The largest absolute Gasteiger partial charge is 0.496 e. The van der Waals surface area contributed by atoms with E-state index in [9.17, 15) is 0 Å². The summed E-state index contributed by atoms with van der Waals surface area (Å²) in [5.74, 6) is 1.84. The lowest BCUT2D eigenvalue weighted by Crippen LogP contribution is -2.39. The van der Waals surface area contributed by atoms with E-state index in [0.29, 0.717) is 6.04 Å². The first-order valence-electron chi connectivity index (χ1n) is 7.76. The third kappa shape index (κ3) is 4.08. The standard InChI is InChI=1S/C17H26N2O.2ClH/c1-12-13(2)17(20-3)7-5-15(12)10-19-9-14-4-6-16(11-19)18-8-14;;/h5,7,14,16,18H,4,6,8-11H2,1-3H3;2*1H/t14-,16-;;/m0../s1. The highest BCUT2D eigenvalue weighted by Crippen LogP contribution is 2.27. The first-order valence-corrected chi connectivity index (χ1v) is 7.76. The minimum atomic E-state index is 0. The second kappa shape index (κ2) is 8.39. The first-order chi connectivity index (χ1) is 9.67. The van der Waals surface area contributed by atoms with Crippen molar-refractivity contribution >= 4 is 24.8 Å². The molecule has 0 amide bonds. The lowest BCUT2D eigenvalue weighted by Gasteiger charge is -2.24. The average molecular weight is 347 g/mol. The summed E-state index contributed by atoms with van der Waals surface area (Å²) in [5.41, 5.74) is 4.11. The Morgan fingerprint density at radius 3 is 2.55 bits per heavy atom. The van der Waals surface area contributed by atoms with Gasteiger partial charge in [0.15, 0.2) is 0 Å². The van der Waals surface area contributed by atoms with Gasteiger partial charge in [0.05, 0.1) is 7.11 Å². The molecule has 1 aromatic carbocycles. The van der Waals surface area contributed by atoms with Gasteiger partial charge in [-0.3, -0.25) is 4.90 Å². The van der Waals surface area contributed by atoms with Crippen LogP contribution in [0.1, 0.15) is 29.5 Å². The molecular weight excluding hydrogens is 319 g/mol. The minimum absolute atomic E-state index is 0. The molecule has 1 aromatic rings. The molecule has 4 rings (SSSR count). The van der Waals surface area contributed by atoms with Gasteiger partial charge in [-0.05, 0) is 61.9 Å². The van der Waals surface area contributed by atoms with Crippen molar-refractivity contribution < 1.29 is 4.74 Å². The molecule has 22 heavy (non-hydrogen) atoms. The van der Waals surface area contributed by atoms with E-state index >= 15 is 0 Å². The van der Waals surface area contributed by atoms with E-state index in [4.69, 9.17) is 4.74 Å². The van der Waals surface area contributed by atoms with E-state index < -0.39 is 0 Å². The molecule has 3 heterocycles. The maximum atomic E-state index is 5.41. The Morgan fingerprint density at radius 1 is 1.14 bits per heavy atom. The van der Waals surface area contributed by atoms with E-state index in [1.165, 1.54) is 49.2 Å². The van der Waals surface area contributed by atoms with Crippen LogP contribution in [0.5, 0.6) is 5.75 Å². The summed E-state index contributed by atoms with van der Waals surface area (Å²) in [4.78, 5) is 2.64. The van der Waals surface area contributed by atoms with Crippen LogP contribution in [-0.4, -0.2) is 37.7 Å². The number of fused-ring (bicyclic) bond motifs is 4. The number of nitrogens with zero attached hydrogens (tertiary/aromatic N) is 1. The highest BCUT2D eigenvalue weighted by atomic mass is 35.5. The number of methoxy groups -OCH3 is 1. The second-order valence-electron chi connectivity index (χ2n) is 6.42. The van der Waals surface area contributed by atoms with Crippen molar-refractivity contribution in [1.82, 2.24) is 10.2 Å². The molecule has 2 bridgehead atoms. The molecule has 3 aliphatic rings. The predicted molar refractivity (Wildman–Crippen MR) is 96.8 cm³/mol. The van der Waals surface area contributed by atoms with Gasteiger partial charge < -0.3 is 10.1 Å². The molecule has 0 radical (unpaired) electrons. The molecule has 0 aromatic heterocycles. The lowest BCUT2D eigenvalue weighted by molar-refractivity contribution is 0.255. The average Bonchev–Trinajstić information content (AvgIpc) is 2.76. The number of hydrogen-bond donors (Lipinski definition) is 1. The Balaban J connectivity index is 0.00000121. The van der Waals surface area contributed by atoms with Crippen LogP contribution in [0.2, 0.25) is 0 Å². The smallest absolute Gasteiger partial charge is 0.122 e. The number of rotatable bonds is 3. The van der Waals surface area contributed by atoms with Crippen molar-refractivity contribution in [2.24, 2.45) is 5.92 Å². The fourth-order valence-electron chi connectivity index (χ4n) is 3.65. The quantitative estimate of drug-likeness (QED) is 0.908. The topological polar surface area (TPSA) is 24.5 Å². The molecule has 0 spiro atoms. The van der Waals surface area contributed by atoms with Gasteiger partial charge >= 0.3 is 0 Å². The zero-order valence-corrected chi connectivity index (χ0v) is 15.4. The lowest BCUT2D eigenvalue weighted by atomic mass is 9.97. The number of ether oxygens (including phenoxy) is 1. The summed E-state index contributed by atoms with van der Waals surface area (Å²) in [7, 11) is 1.75. The van der Waals surface area contributed by atoms with Gasteiger partial charge in [0.2, 0.25) is 0 Å². The van der Waals surface area contributed by atoms with Gasteiger partial charge in [0, 0.05) is 25.7 Å². The van der Waals surface area contributed by atoms with Crippen molar-refractivity contribution in [2.45, 2.75) is 39.3 Å². The Kier molecular flexibility index (Phi) is 7.47. The maximum Gasteiger partial charge on any atom is 0.122 e. The summed E-state index contributed by atoms with van der Waals surface area (Å²) in [6.07, 6.45) is 2.75. The second-order valence-corrected chi connectivity index (χ2v) is 6.42.